The molecule has 0 N–H and O–H groups in total. The fourth-order valence-electron chi connectivity index (χ4n) is 4.67. The van der Waals surface area contributed by atoms with Gasteiger partial charge in [0, 0.05) is 24.0 Å². The van der Waals surface area contributed by atoms with E-state index in [9.17, 15) is 4.79 Å². The zero-order valence-corrected chi connectivity index (χ0v) is 19.5. The molecular formula is C25H30N6O2. The molecule has 0 amide bonds. The van der Waals surface area contributed by atoms with E-state index in [2.05, 4.69) is 53.0 Å². The molecule has 1 saturated heterocycles. The number of hydrogen-bond acceptors (Lipinski definition) is 6. The Morgan fingerprint density at radius 3 is 2.79 bits per heavy atom. The number of rotatable bonds is 6. The molecule has 1 fully saturated rings. The van der Waals surface area contributed by atoms with Gasteiger partial charge in [0.05, 0.1) is 18.8 Å². The molecule has 0 bridgehead atoms. The van der Waals surface area contributed by atoms with Gasteiger partial charge >= 0.3 is 0 Å². The van der Waals surface area contributed by atoms with Crippen molar-refractivity contribution in [2.24, 2.45) is 0 Å². The molecule has 1 aliphatic heterocycles. The first-order valence-corrected chi connectivity index (χ1v) is 11.7. The van der Waals surface area contributed by atoms with Gasteiger partial charge in [0.1, 0.15) is 5.52 Å². The lowest BCUT2D eigenvalue weighted by molar-refractivity contribution is 0.120. The van der Waals surface area contributed by atoms with Gasteiger partial charge in [0.2, 0.25) is 5.89 Å². The summed E-state index contributed by atoms with van der Waals surface area (Å²) in [6.07, 6.45) is 8.37. The highest BCUT2D eigenvalue weighted by Gasteiger charge is 2.23. The Morgan fingerprint density at radius 1 is 1.09 bits per heavy atom. The van der Waals surface area contributed by atoms with Crippen LogP contribution in [-0.2, 0) is 13.1 Å². The third-order valence-corrected chi connectivity index (χ3v) is 6.79. The molecule has 8 nitrogen and oxygen atoms in total. The molecule has 1 atom stereocenters. The van der Waals surface area contributed by atoms with Crippen molar-refractivity contribution < 1.29 is 4.52 Å². The van der Waals surface area contributed by atoms with Gasteiger partial charge in [0.25, 0.3) is 5.56 Å². The quantitative estimate of drug-likeness (QED) is 0.446. The monoisotopic (exact) mass is 446 g/mol. The molecule has 0 saturated carbocycles. The summed E-state index contributed by atoms with van der Waals surface area (Å²) in [7, 11) is 0. The van der Waals surface area contributed by atoms with Gasteiger partial charge in [-0.3, -0.25) is 9.69 Å². The van der Waals surface area contributed by atoms with Crippen LogP contribution in [0, 0.1) is 13.8 Å². The van der Waals surface area contributed by atoms with Crippen molar-refractivity contribution >= 4 is 5.52 Å². The topological polar surface area (TPSA) is 81.5 Å². The van der Waals surface area contributed by atoms with E-state index in [0.29, 0.717) is 29.8 Å². The zero-order chi connectivity index (χ0) is 22.9. The molecule has 4 heterocycles. The highest BCUT2D eigenvalue weighted by Crippen LogP contribution is 2.22. The van der Waals surface area contributed by atoms with Crippen molar-refractivity contribution in [1.82, 2.24) is 29.2 Å². The molecule has 3 aromatic heterocycles. The van der Waals surface area contributed by atoms with E-state index in [1.165, 1.54) is 30.4 Å². The van der Waals surface area contributed by atoms with Crippen LogP contribution in [0.1, 0.15) is 55.4 Å². The number of aromatic nitrogens is 5. The second kappa shape index (κ2) is 8.94. The van der Waals surface area contributed by atoms with Crippen LogP contribution in [0.15, 0.2) is 46.0 Å². The van der Waals surface area contributed by atoms with Gasteiger partial charge in [-0.1, -0.05) is 30.6 Å². The van der Waals surface area contributed by atoms with Crippen molar-refractivity contribution in [1.29, 1.82) is 0 Å². The number of piperidine rings is 1. The number of nitrogens with zero attached hydrogens (tertiary/aromatic N) is 6. The first-order chi connectivity index (χ1) is 16.0. The number of hydrogen-bond donors (Lipinski definition) is 0. The minimum Gasteiger partial charge on any atom is -0.338 e. The summed E-state index contributed by atoms with van der Waals surface area (Å²) in [5, 5.41) is 8.72. The van der Waals surface area contributed by atoms with Gasteiger partial charge < -0.3 is 9.09 Å². The lowest BCUT2D eigenvalue weighted by Crippen LogP contribution is -2.38. The van der Waals surface area contributed by atoms with Gasteiger partial charge in [-0.15, -0.1) is 0 Å². The molecule has 1 aromatic carbocycles. The standard InChI is InChI=1S/C25H30N6O2/c1-4-20-7-5-6-10-29(20)16-24-26-23(28-33-24)15-30-11-12-31-22(25(30)32)14-21(27-31)19-9-8-17(2)18(3)13-19/h8-9,11-14,20H,4-7,10,15-16H2,1-3H3/t20-/m1/s1. The molecular weight excluding hydrogens is 416 g/mol. The fourth-order valence-corrected chi connectivity index (χ4v) is 4.67. The van der Waals surface area contributed by atoms with Gasteiger partial charge in [-0.2, -0.15) is 10.1 Å². The van der Waals surface area contributed by atoms with E-state index in [1.54, 1.807) is 21.5 Å². The number of likely N-dealkylation sites (tertiary alicyclic amines) is 1. The Balaban J connectivity index is 1.36. The predicted octanol–water partition coefficient (Wildman–Crippen LogP) is 3.98. The molecule has 0 spiro atoms. The summed E-state index contributed by atoms with van der Waals surface area (Å²) in [4.78, 5) is 20.1. The Hall–Kier alpha value is -3.26. The van der Waals surface area contributed by atoms with Crippen molar-refractivity contribution in [3.8, 4) is 11.3 Å². The van der Waals surface area contributed by atoms with Crippen molar-refractivity contribution in [2.45, 2.75) is 65.6 Å². The van der Waals surface area contributed by atoms with Gasteiger partial charge in [-0.25, -0.2) is 4.52 Å². The first kappa shape index (κ1) is 21.6. The van der Waals surface area contributed by atoms with Crippen LogP contribution in [0.5, 0.6) is 0 Å². The highest BCUT2D eigenvalue weighted by atomic mass is 16.5. The Morgan fingerprint density at radius 2 is 1.97 bits per heavy atom. The van der Waals surface area contributed by atoms with Crippen molar-refractivity contribution in [3.63, 3.8) is 0 Å². The predicted molar refractivity (Wildman–Crippen MR) is 126 cm³/mol. The minimum absolute atomic E-state index is 0.131. The minimum atomic E-state index is -0.131. The summed E-state index contributed by atoms with van der Waals surface area (Å²) < 4.78 is 8.74. The maximum absolute atomic E-state index is 13.1. The molecule has 4 aromatic rings. The maximum Gasteiger partial charge on any atom is 0.277 e. The third-order valence-electron chi connectivity index (χ3n) is 6.79. The summed E-state index contributed by atoms with van der Waals surface area (Å²) in [6.45, 7) is 8.39. The number of fused-ring (bicyclic) bond motifs is 1. The molecule has 0 radical (unpaired) electrons. The summed E-state index contributed by atoms with van der Waals surface area (Å²) in [6, 6.07) is 8.63. The molecule has 33 heavy (non-hydrogen) atoms. The van der Waals surface area contributed by atoms with Crippen LogP contribution in [0.4, 0.5) is 0 Å². The Kier molecular flexibility index (Phi) is 5.85. The average molecular weight is 447 g/mol. The summed E-state index contributed by atoms with van der Waals surface area (Å²) >= 11 is 0. The Bertz CT molecular complexity index is 1330. The van der Waals surface area contributed by atoms with Crippen LogP contribution in [0.3, 0.4) is 0 Å². The van der Waals surface area contributed by atoms with E-state index < -0.39 is 0 Å². The average Bonchev–Trinajstić information content (AvgIpc) is 3.45. The lowest BCUT2D eigenvalue weighted by Gasteiger charge is -2.33. The second-order valence-electron chi connectivity index (χ2n) is 9.02. The first-order valence-electron chi connectivity index (χ1n) is 11.7. The van der Waals surface area contributed by atoms with E-state index in [0.717, 1.165) is 24.2 Å². The summed E-state index contributed by atoms with van der Waals surface area (Å²) in [5.41, 5.74) is 4.60. The largest absolute Gasteiger partial charge is 0.338 e. The van der Waals surface area contributed by atoms with Crippen LogP contribution >= 0.6 is 0 Å². The normalized spacial score (nSPS) is 17.1. The van der Waals surface area contributed by atoms with Crippen LogP contribution in [-0.4, -0.2) is 41.8 Å². The number of benzene rings is 1. The molecule has 0 unspecified atom stereocenters. The third kappa shape index (κ3) is 4.35. The van der Waals surface area contributed by atoms with E-state index in [4.69, 9.17) is 4.52 Å². The van der Waals surface area contributed by atoms with E-state index in [1.807, 2.05) is 12.1 Å². The van der Waals surface area contributed by atoms with Gasteiger partial charge in [-0.05, 0) is 62.9 Å². The van der Waals surface area contributed by atoms with Gasteiger partial charge in [0.15, 0.2) is 5.82 Å². The SMILES string of the molecule is CC[C@@H]1CCCCN1Cc1nc(Cn2ccn3nc(-c4ccc(C)c(C)c4)cc3c2=O)no1. The molecule has 5 rings (SSSR count). The van der Waals surface area contributed by atoms with E-state index in [-0.39, 0.29) is 12.1 Å². The molecule has 0 aliphatic carbocycles. The Labute approximate surface area is 192 Å². The van der Waals surface area contributed by atoms with Crippen LogP contribution in [0.25, 0.3) is 16.8 Å². The van der Waals surface area contributed by atoms with E-state index >= 15 is 0 Å². The van der Waals surface area contributed by atoms with Crippen LogP contribution in [0.2, 0.25) is 0 Å². The van der Waals surface area contributed by atoms with Crippen molar-refractivity contribution in [2.75, 3.05) is 6.54 Å². The molecule has 8 heteroatoms. The fraction of sp³-hybridized carbons (Fsp3) is 0.440. The number of aryl methyl sites for hydroxylation is 2. The van der Waals surface area contributed by atoms with Crippen LogP contribution < -0.4 is 5.56 Å². The highest BCUT2D eigenvalue weighted by molar-refractivity contribution is 5.66. The zero-order valence-electron chi connectivity index (χ0n) is 19.5. The maximum atomic E-state index is 13.1. The van der Waals surface area contributed by atoms with Crippen molar-refractivity contribution in [3.05, 3.63) is 69.9 Å². The lowest BCUT2D eigenvalue weighted by atomic mass is 10.0. The smallest absolute Gasteiger partial charge is 0.277 e. The summed E-state index contributed by atoms with van der Waals surface area (Å²) in [5.74, 6) is 1.12. The second-order valence-corrected chi connectivity index (χ2v) is 9.02. The molecule has 1 aliphatic rings. The molecule has 172 valence electrons.